The molecule has 1 N–H and O–H groups in total. The van der Waals surface area contributed by atoms with E-state index in [0.717, 1.165) is 11.9 Å². The van der Waals surface area contributed by atoms with E-state index in [1.165, 1.54) is 0 Å². The van der Waals surface area contributed by atoms with Crippen LogP contribution in [-0.2, 0) is 0 Å². The molecule has 29 valence electrons. The Labute approximate surface area is 35.6 Å². The number of nitrogens with one attached hydrogen (secondary N) is 1. The van der Waals surface area contributed by atoms with Gasteiger partial charge in [-0.25, -0.2) is 0 Å². The van der Waals surface area contributed by atoms with Crippen LogP contribution in [0.2, 0.25) is 0 Å². The van der Waals surface area contributed by atoms with Gasteiger partial charge in [0.1, 0.15) is 0 Å². The minimum Gasteiger partial charge on any atom is -0.198 e. The van der Waals surface area contributed by atoms with Crippen LogP contribution in [0.25, 0.3) is 0 Å². The molecule has 0 aliphatic rings. The average molecular weight is 89.1 g/mol. The first-order chi connectivity index (χ1) is 2.41. The third-order valence-electron chi connectivity index (χ3n) is 0.156. The Balaban J connectivity index is 2.40. The molecule has 0 amide bonds. The number of hydrogen-bond acceptors (Lipinski definition) is 3. The molecule has 3 heteroatoms. The number of rotatable bonds is 2. The molecule has 0 atom stereocenters. The zero-order valence-corrected chi connectivity index (χ0v) is 3.59. The first-order valence-corrected chi connectivity index (χ1v) is 2.14. The molecule has 1 radical (unpaired) electrons. The third-order valence-corrected chi connectivity index (χ3v) is 0.468. The van der Waals surface area contributed by atoms with Crippen molar-refractivity contribution in [3.05, 3.63) is 6.92 Å². The van der Waals surface area contributed by atoms with Gasteiger partial charge in [-0.15, -0.1) is 4.52 Å². The van der Waals surface area contributed by atoms with Crippen molar-refractivity contribution in [2.75, 3.05) is 5.75 Å². The molecule has 0 aromatic rings. The normalized spacial score (nSPS) is 7.40. The van der Waals surface area contributed by atoms with Crippen LogP contribution >= 0.6 is 11.9 Å². The molecule has 0 aliphatic carbocycles. The summed E-state index contributed by atoms with van der Waals surface area (Å²) >= 11 is 1.14. The van der Waals surface area contributed by atoms with E-state index in [2.05, 4.69) is 11.4 Å². The molecule has 0 heterocycles. The summed E-state index contributed by atoms with van der Waals surface area (Å²) < 4.78 is 2.96. The van der Waals surface area contributed by atoms with Gasteiger partial charge in [0.05, 0.1) is 0 Å². The zero-order valence-electron chi connectivity index (χ0n) is 2.77. The van der Waals surface area contributed by atoms with E-state index in [1.807, 2.05) is 0 Å². The second-order valence-corrected chi connectivity index (χ2v) is 1.27. The van der Waals surface area contributed by atoms with Crippen molar-refractivity contribution >= 4 is 11.9 Å². The highest BCUT2D eigenvalue weighted by molar-refractivity contribution is 7.97. The van der Waals surface area contributed by atoms with Crippen molar-refractivity contribution in [1.29, 1.82) is 5.53 Å². The fourth-order valence-electron chi connectivity index (χ4n) is 0.0456. The highest BCUT2D eigenvalue weighted by Crippen LogP contribution is 1.94. The Morgan fingerprint density at radius 1 is 2.00 bits per heavy atom. The van der Waals surface area contributed by atoms with Crippen molar-refractivity contribution in [3.8, 4) is 0 Å². The molecule has 5 heavy (non-hydrogen) atoms. The highest BCUT2D eigenvalue weighted by Gasteiger charge is 1.64. The Kier molecular flexibility index (Phi) is 3.91. The Bertz CT molecular complexity index is 28.8. The van der Waals surface area contributed by atoms with Gasteiger partial charge >= 0.3 is 0 Å². The summed E-state index contributed by atoms with van der Waals surface area (Å²) in [7, 11) is 0. The van der Waals surface area contributed by atoms with Gasteiger partial charge in [-0.3, -0.25) is 0 Å². The Morgan fingerprint density at radius 2 is 2.60 bits per heavy atom. The molecule has 0 aliphatic heterocycles. The summed E-state index contributed by atoms with van der Waals surface area (Å²) in [5, 5.41) is 0. The number of hydrogen-bond donors (Lipinski definition) is 1. The molecule has 0 unspecified atom stereocenters. The van der Waals surface area contributed by atoms with E-state index in [1.54, 1.807) is 0 Å². The van der Waals surface area contributed by atoms with Crippen LogP contribution in [0.4, 0.5) is 0 Å². The standard InChI is InChI=1S/C2H5N2S/c1-2-5-4-3/h3H,1-2H2. The SMILES string of the molecule is [CH2]CSN=N. The predicted octanol–water partition coefficient (Wildman–Crippen LogP) is 1.50. The fourth-order valence-corrected chi connectivity index (χ4v) is 0.137. The van der Waals surface area contributed by atoms with E-state index < -0.39 is 0 Å². The van der Waals surface area contributed by atoms with Gasteiger partial charge in [0.25, 0.3) is 0 Å². The van der Waals surface area contributed by atoms with Gasteiger partial charge in [0.15, 0.2) is 0 Å². The topological polar surface area (TPSA) is 36.2 Å². The van der Waals surface area contributed by atoms with Gasteiger partial charge in [0.2, 0.25) is 0 Å². The average Bonchev–Trinajstić information content (AvgIpc) is 1.41. The van der Waals surface area contributed by atoms with E-state index in [-0.39, 0.29) is 0 Å². The Hall–Kier alpha value is -0.0500. The molecule has 0 aromatic heterocycles. The molecule has 0 saturated carbocycles. The first-order valence-electron chi connectivity index (χ1n) is 1.19. The Morgan fingerprint density at radius 3 is 2.60 bits per heavy atom. The molecular formula is C2H5N2S. The second kappa shape index (κ2) is 3.95. The monoisotopic (exact) mass is 89.0 g/mol. The third kappa shape index (κ3) is 3.95. The molecule has 0 spiro atoms. The molecule has 2 nitrogen and oxygen atoms in total. The highest BCUT2D eigenvalue weighted by atomic mass is 32.2. The van der Waals surface area contributed by atoms with Crippen molar-refractivity contribution < 1.29 is 0 Å². The first kappa shape index (κ1) is 4.95. The number of nitrogens with zero attached hydrogens (tertiary/aromatic N) is 1. The van der Waals surface area contributed by atoms with Crippen molar-refractivity contribution in [3.63, 3.8) is 0 Å². The largest absolute Gasteiger partial charge is 0.198 e. The van der Waals surface area contributed by atoms with Crippen LogP contribution in [0.15, 0.2) is 4.52 Å². The van der Waals surface area contributed by atoms with E-state index in [4.69, 9.17) is 5.53 Å². The van der Waals surface area contributed by atoms with Gasteiger partial charge < -0.3 is 0 Å². The van der Waals surface area contributed by atoms with Gasteiger partial charge in [0, 0.05) is 5.75 Å². The van der Waals surface area contributed by atoms with Gasteiger partial charge in [-0.2, -0.15) is 5.53 Å². The van der Waals surface area contributed by atoms with Crippen LogP contribution in [0.1, 0.15) is 0 Å². The lowest BCUT2D eigenvalue weighted by atomic mass is 11.0. The molecule has 0 saturated heterocycles. The minimum absolute atomic E-state index is 0.656. The van der Waals surface area contributed by atoms with E-state index in [0.29, 0.717) is 5.75 Å². The van der Waals surface area contributed by atoms with Crippen LogP contribution in [0.3, 0.4) is 0 Å². The molecule has 0 rings (SSSR count). The summed E-state index contributed by atoms with van der Waals surface area (Å²) in [6.45, 7) is 3.42. The van der Waals surface area contributed by atoms with Crippen LogP contribution in [-0.4, -0.2) is 5.75 Å². The molecule has 0 aromatic carbocycles. The van der Waals surface area contributed by atoms with Crippen molar-refractivity contribution in [2.24, 2.45) is 4.52 Å². The van der Waals surface area contributed by atoms with Crippen LogP contribution < -0.4 is 0 Å². The second-order valence-electron chi connectivity index (χ2n) is 0.425. The lowest BCUT2D eigenvalue weighted by molar-refractivity contribution is 1.25. The van der Waals surface area contributed by atoms with E-state index in [9.17, 15) is 0 Å². The smallest absolute Gasteiger partial charge is 0.0171 e. The summed E-state index contributed by atoms with van der Waals surface area (Å²) in [6, 6.07) is 0. The summed E-state index contributed by atoms with van der Waals surface area (Å²) in [5.41, 5.74) is 6.15. The van der Waals surface area contributed by atoms with Gasteiger partial charge in [-0.1, -0.05) is 0 Å². The molecular weight excluding hydrogens is 84.1 g/mol. The zero-order chi connectivity index (χ0) is 4.12. The lowest BCUT2D eigenvalue weighted by Gasteiger charge is -1.70. The minimum atomic E-state index is 0.656. The predicted molar refractivity (Wildman–Crippen MR) is 23.0 cm³/mol. The summed E-state index contributed by atoms with van der Waals surface area (Å²) in [5.74, 6) is 0.656. The van der Waals surface area contributed by atoms with Crippen LogP contribution in [0, 0.1) is 12.5 Å². The maximum absolute atomic E-state index is 6.15. The quantitative estimate of drug-likeness (QED) is 0.404. The van der Waals surface area contributed by atoms with E-state index >= 15 is 0 Å². The van der Waals surface area contributed by atoms with Crippen LogP contribution in [0.5, 0.6) is 0 Å². The fraction of sp³-hybridized carbons (Fsp3) is 0.500. The lowest BCUT2D eigenvalue weighted by Crippen LogP contribution is -1.52. The summed E-state index contributed by atoms with van der Waals surface area (Å²) in [6.07, 6.45) is 0. The van der Waals surface area contributed by atoms with Crippen molar-refractivity contribution in [1.82, 2.24) is 0 Å². The van der Waals surface area contributed by atoms with Crippen molar-refractivity contribution in [2.45, 2.75) is 0 Å². The van der Waals surface area contributed by atoms with Gasteiger partial charge in [-0.05, 0) is 18.9 Å². The maximum atomic E-state index is 6.15. The molecule has 0 fully saturated rings. The maximum Gasteiger partial charge on any atom is 0.0171 e. The summed E-state index contributed by atoms with van der Waals surface area (Å²) in [4.78, 5) is 0. The molecule has 0 bridgehead atoms.